The smallest absolute Gasteiger partial charge is 0.282 e. The van der Waals surface area contributed by atoms with E-state index in [0.717, 1.165) is 0 Å². The molecule has 3 N–H and O–H groups in total. The van der Waals surface area contributed by atoms with E-state index in [2.05, 4.69) is 10.2 Å². The molecule has 2 aromatic rings. The highest BCUT2D eigenvalue weighted by Crippen LogP contribution is 2.34. The van der Waals surface area contributed by atoms with Crippen LogP contribution in [0.1, 0.15) is 0 Å². The number of anilines is 1. The van der Waals surface area contributed by atoms with Crippen molar-refractivity contribution in [1.82, 2.24) is 10.2 Å². The third kappa shape index (κ3) is 1.89. The SMILES string of the molecule is COc1ccc(-c2[nH]ncc2N)c([N+](=O)[O-])c1. The molecule has 0 unspecified atom stereocenters. The molecule has 0 spiro atoms. The number of nitro benzene ring substituents is 1. The average molecular weight is 234 g/mol. The molecule has 88 valence electrons. The van der Waals surface area contributed by atoms with Gasteiger partial charge in [0.2, 0.25) is 0 Å². The summed E-state index contributed by atoms with van der Waals surface area (Å²) >= 11 is 0. The number of nitrogens with two attached hydrogens (primary N) is 1. The predicted octanol–water partition coefficient (Wildman–Crippen LogP) is 1.58. The van der Waals surface area contributed by atoms with Crippen LogP contribution in [0.4, 0.5) is 11.4 Å². The predicted molar refractivity (Wildman–Crippen MR) is 61.6 cm³/mol. The van der Waals surface area contributed by atoms with Crippen LogP contribution in [0.5, 0.6) is 5.75 Å². The molecule has 0 radical (unpaired) electrons. The van der Waals surface area contributed by atoms with Crippen LogP contribution in [-0.2, 0) is 0 Å². The van der Waals surface area contributed by atoms with Gasteiger partial charge >= 0.3 is 0 Å². The molecule has 0 aliphatic heterocycles. The number of H-pyrrole nitrogens is 1. The van der Waals surface area contributed by atoms with E-state index < -0.39 is 4.92 Å². The number of nitrogens with zero attached hydrogens (tertiary/aromatic N) is 2. The second-order valence-electron chi connectivity index (χ2n) is 3.34. The maximum Gasteiger partial charge on any atom is 0.282 e. The fourth-order valence-electron chi connectivity index (χ4n) is 1.51. The Morgan fingerprint density at radius 2 is 2.29 bits per heavy atom. The summed E-state index contributed by atoms with van der Waals surface area (Å²) in [5.74, 6) is 0.415. The molecule has 0 aliphatic carbocycles. The molecule has 0 atom stereocenters. The second-order valence-corrected chi connectivity index (χ2v) is 3.34. The third-order valence-electron chi connectivity index (χ3n) is 2.34. The molecular formula is C10H10N4O3. The van der Waals surface area contributed by atoms with Crippen molar-refractivity contribution in [3.8, 4) is 17.0 Å². The lowest BCUT2D eigenvalue weighted by atomic mass is 10.1. The number of benzene rings is 1. The van der Waals surface area contributed by atoms with Crippen LogP contribution in [0.3, 0.4) is 0 Å². The van der Waals surface area contributed by atoms with Gasteiger partial charge < -0.3 is 10.5 Å². The summed E-state index contributed by atoms with van der Waals surface area (Å²) in [5, 5.41) is 17.3. The molecule has 7 heteroatoms. The number of hydrogen-bond acceptors (Lipinski definition) is 5. The highest BCUT2D eigenvalue weighted by atomic mass is 16.6. The largest absolute Gasteiger partial charge is 0.497 e. The molecule has 1 heterocycles. The summed E-state index contributed by atoms with van der Waals surface area (Å²) in [6, 6.07) is 4.54. The van der Waals surface area contributed by atoms with Crippen LogP contribution < -0.4 is 10.5 Å². The number of aromatic nitrogens is 2. The number of nitrogens with one attached hydrogen (secondary N) is 1. The van der Waals surface area contributed by atoms with Gasteiger partial charge in [-0.2, -0.15) is 5.10 Å². The summed E-state index contributed by atoms with van der Waals surface area (Å²) in [4.78, 5) is 10.5. The van der Waals surface area contributed by atoms with E-state index in [1.54, 1.807) is 12.1 Å². The van der Waals surface area contributed by atoms with Gasteiger partial charge in [0.25, 0.3) is 5.69 Å². The number of hydrogen-bond donors (Lipinski definition) is 2. The Morgan fingerprint density at radius 3 is 2.82 bits per heavy atom. The molecule has 0 fully saturated rings. The van der Waals surface area contributed by atoms with Gasteiger partial charge in [-0.15, -0.1) is 0 Å². The molecule has 0 bridgehead atoms. The van der Waals surface area contributed by atoms with Gasteiger partial charge in [0.1, 0.15) is 5.75 Å². The summed E-state index contributed by atoms with van der Waals surface area (Å²) in [7, 11) is 1.45. The number of ether oxygens (including phenoxy) is 1. The number of aromatic amines is 1. The van der Waals surface area contributed by atoms with E-state index >= 15 is 0 Å². The van der Waals surface area contributed by atoms with Crippen LogP contribution in [0.2, 0.25) is 0 Å². The van der Waals surface area contributed by atoms with Crippen molar-refractivity contribution in [2.45, 2.75) is 0 Å². The van der Waals surface area contributed by atoms with Crippen molar-refractivity contribution >= 4 is 11.4 Å². The first kappa shape index (κ1) is 10.9. The Balaban J connectivity index is 2.62. The minimum absolute atomic E-state index is 0.0831. The minimum Gasteiger partial charge on any atom is -0.497 e. The van der Waals surface area contributed by atoms with Crippen molar-refractivity contribution in [2.75, 3.05) is 12.8 Å². The van der Waals surface area contributed by atoms with Gasteiger partial charge in [-0.25, -0.2) is 0 Å². The quantitative estimate of drug-likeness (QED) is 0.619. The van der Waals surface area contributed by atoms with E-state index in [1.165, 1.54) is 19.4 Å². The zero-order valence-electron chi connectivity index (χ0n) is 9.01. The van der Waals surface area contributed by atoms with E-state index in [1.807, 2.05) is 0 Å². The molecule has 17 heavy (non-hydrogen) atoms. The molecular weight excluding hydrogens is 224 g/mol. The maximum atomic E-state index is 11.0. The third-order valence-corrected chi connectivity index (χ3v) is 2.34. The lowest BCUT2D eigenvalue weighted by Crippen LogP contribution is -1.95. The molecule has 1 aromatic carbocycles. The molecule has 0 aliphatic rings. The van der Waals surface area contributed by atoms with Crippen LogP contribution in [0.15, 0.2) is 24.4 Å². The van der Waals surface area contributed by atoms with Gasteiger partial charge in [0.15, 0.2) is 0 Å². The van der Waals surface area contributed by atoms with Gasteiger partial charge in [0.05, 0.1) is 41.2 Å². The van der Waals surface area contributed by atoms with Crippen LogP contribution >= 0.6 is 0 Å². The fourth-order valence-corrected chi connectivity index (χ4v) is 1.51. The second kappa shape index (κ2) is 4.12. The van der Waals surface area contributed by atoms with E-state index in [9.17, 15) is 10.1 Å². The molecule has 0 saturated carbocycles. The molecule has 2 rings (SSSR count). The van der Waals surface area contributed by atoms with Crippen molar-refractivity contribution in [1.29, 1.82) is 0 Å². The Kier molecular flexibility index (Phi) is 2.65. The monoisotopic (exact) mass is 234 g/mol. The first-order valence-corrected chi connectivity index (χ1v) is 4.75. The van der Waals surface area contributed by atoms with Gasteiger partial charge in [-0.3, -0.25) is 15.2 Å². The molecule has 7 nitrogen and oxygen atoms in total. The maximum absolute atomic E-state index is 11.0. The lowest BCUT2D eigenvalue weighted by Gasteiger charge is -2.04. The summed E-state index contributed by atoms with van der Waals surface area (Å²) in [5.41, 5.74) is 6.75. The number of methoxy groups -OCH3 is 1. The Hall–Kier alpha value is -2.57. The molecule has 0 saturated heterocycles. The summed E-state index contributed by atoms with van der Waals surface area (Å²) in [6.45, 7) is 0. The van der Waals surface area contributed by atoms with Crippen molar-refractivity contribution < 1.29 is 9.66 Å². The zero-order valence-corrected chi connectivity index (χ0v) is 9.01. The van der Waals surface area contributed by atoms with Crippen LogP contribution in [0, 0.1) is 10.1 Å². The Labute approximate surface area is 96.4 Å². The van der Waals surface area contributed by atoms with Gasteiger partial charge in [-0.05, 0) is 12.1 Å². The summed E-state index contributed by atoms with van der Waals surface area (Å²) in [6.07, 6.45) is 1.41. The average Bonchev–Trinajstić information content (AvgIpc) is 2.74. The number of rotatable bonds is 3. The first-order chi connectivity index (χ1) is 8.13. The van der Waals surface area contributed by atoms with Gasteiger partial charge in [0, 0.05) is 0 Å². The normalized spacial score (nSPS) is 10.2. The van der Waals surface area contributed by atoms with E-state index in [4.69, 9.17) is 10.5 Å². The number of nitrogen functional groups attached to an aromatic ring is 1. The first-order valence-electron chi connectivity index (χ1n) is 4.75. The van der Waals surface area contributed by atoms with Gasteiger partial charge in [-0.1, -0.05) is 0 Å². The number of nitro groups is 1. The van der Waals surface area contributed by atoms with Crippen molar-refractivity contribution in [3.63, 3.8) is 0 Å². The summed E-state index contributed by atoms with van der Waals surface area (Å²) < 4.78 is 4.95. The zero-order chi connectivity index (χ0) is 12.4. The highest BCUT2D eigenvalue weighted by Gasteiger charge is 2.19. The minimum atomic E-state index is -0.488. The van der Waals surface area contributed by atoms with Crippen molar-refractivity contribution in [3.05, 3.63) is 34.5 Å². The van der Waals surface area contributed by atoms with Crippen LogP contribution in [0.25, 0.3) is 11.3 Å². The standard InChI is InChI=1S/C10H10N4O3/c1-17-6-2-3-7(9(4-6)14(15)16)10-8(11)5-12-13-10/h2-5H,11H2,1H3,(H,12,13). The van der Waals surface area contributed by atoms with Crippen LogP contribution in [-0.4, -0.2) is 22.2 Å². The lowest BCUT2D eigenvalue weighted by molar-refractivity contribution is -0.384. The Bertz CT molecular complexity index is 564. The molecule has 1 aromatic heterocycles. The van der Waals surface area contributed by atoms with E-state index in [0.29, 0.717) is 22.7 Å². The Morgan fingerprint density at radius 1 is 1.53 bits per heavy atom. The topological polar surface area (TPSA) is 107 Å². The highest BCUT2D eigenvalue weighted by molar-refractivity contribution is 5.79. The fraction of sp³-hybridized carbons (Fsp3) is 0.100. The van der Waals surface area contributed by atoms with Crippen molar-refractivity contribution in [2.24, 2.45) is 0 Å². The molecule has 0 amide bonds. The van der Waals surface area contributed by atoms with E-state index in [-0.39, 0.29) is 5.69 Å².